The third-order valence-electron chi connectivity index (χ3n) is 3.48. The van der Waals surface area contributed by atoms with E-state index >= 15 is 0 Å². The van der Waals surface area contributed by atoms with E-state index < -0.39 is 33.4 Å². The molecule has 0 aromatic heterocycles. The SMILES string of the molecule is O=S(=O)(Cc1ccc2c(c1)B(O)OC2)c1ccc(O)cc1F. The summed E-state index contributed by atoms with van der Waals surface area (Å²) in [7, 11) is -4.97. The van der Waals surface area contributed by atoms with Gasteiger partial charge in [0.15, 0.2) is 9.84 Å². The zero-order valence-corrected chi connectivity index (χ0v) is 12.2. The summed E-state index contributed by atoms with van der Waals surface area (Å²) in [6.07, 6.45) is 0. The van der Waals surface area contributed by atoms with E-state index in [0.717, 1.165) is 23.8 Å². The predicted molar refractivity (Wildman–Crippen MR) is 77.8 cm³/mol. The molecule has 0 radical (unpaired) electrons. The van der Waals surface area contributed by atoms with Crippen LogP contribution < -0.4 is 5.46 Å². The number of phenols is 1. The number of phenolic OH excluding ortho intramolecular Hbond substituents is 1. The Kier molecular flexibility index (Phi) is 3.68. The highest BCUT2D eigenvalue weighted by molar-refractivity contribution is 7.90. The fourth-order valence-corrected chi connectivity index (χ4v) is 3.80. The van der Waals surface area contributed by atoms with E-state index in [-0.39, 0.29) is 12.4 Å². The van der Waals surface area contributed by atoms with E-state index in [2.05, 4.69) is 0 Å². The molecule has 0 bridgehead atoms. The molecule has 0 fully saturated rings. The lowest BCUT2D eigenvalue weighted by molar-refractivity contribution is 0.275. The average molecular weight is 322 g/mol. The summed E-state index contributed by atoms with van der Waals surface area (Å²) < 4.78 is 43.4. The lowest BCUT2D eigenvalue weighted by Gasteiger charge is -2.08. The highest BCUT2D eigenvalue weighted by Crippen LogP contribution is 2.23. The number of benzene rings is 2. The molecule has 2 aromatic rings. The van der Waals surface area contributed by atoms with Crippen molar-refractivity contribution in [3.8, 4) is 5.75 Å². The van der Waals surface area contributed by atoms with Gasteiger partial charge in [-0.2, -0.15) is 0 Å². The second kappa shape index (κ2) is 5.38. The minimum absolute atomic E-state index is 0.274. The van der Waals surface area contributed by atoms with Gasteiger partial charge in [0, 0.05) is 6.07 Å². The van der Waals surface area contributed by atoms with Gasteiger partial charge in [0.05, 0.1) is 12.4 Å². The van der Waals surface area contributed by atoms with Crippen LogP contribution in [-0.4, -0.2) is 25.7 Å². The smallest absolute Gasteiger partial charge is 0.491 e. The topological polar surface area (TPSA) is 83.8 Å². The first-order valence-electron chi connectivity index (χ1n) is 6.49. The van der Waals surface area contributed by atoms with Crippen LogP contribution in [0.5, 0.6) is 5.75 Å². The molecule has 0 saturated heterocycles. The summed E-state index contributed by atoms with van der Waals surface area (Å²) in [4.78, 5) is -0.470. The maximum atomic E-state index is 13.7. The molecule has 1 aliphatic rings. The normalized spacial score (nSPS) is 14.2. The van der Waals surface area contributed by atoms with E-state index in [9.17, 15) is 17.8 Å². The van der Waals surface area contributed by atoms with Crippen molar-refractivity contribution in [1.82, 2.24) is 0 Å². The van der Waals surface area contributed by atoms with Crippen molar-refractivity contribution < 1.29 is 27.6 Å². The molecule has 1 heterocycles. The highest BCUT2D eigenvalue weighted by atomic mass is 32.2. The average Bonchev–Trinajstić information content (AvgIpc) is 2.79. The van der Waals surface area contributed by atoms with Crippen LogP contribution in [0.15, 0.2) is 41.3 Å². The number of rotatable bonds is 3. The second-order valence-corrected chi connectivity index (χ2v) is 7.03. The third-order valence-corrected chi connectivity index (χ3v) is 5.19. The van der Waals surface area contributed by atoms with Gasteiger partial charge >= 0.3 is 7.12 Å². The molecule has 2 aromatic carbocycles. The Hall–Kier alpha value is -1.90. The molecule has 8 heteroatoms. The second-order valence-electron chi connectivity index (χ2n) is 5.07. The van der Waals surface area contributed by atoms with Gasteiger partial charge in [0.2, 0.25) is 0 Å². The molecule has 0 saturated carbocycles. The standard InChI is InChI=1S/C14H12BFO5S/c16-13-6-11(17)3-4-14(13)22(19,20)8-9-1-2-10-7-21-15(18)12(10)5-9/h1-6,17-18H,7-8H2. The summed E-state index contributed by atoms with van der Waals surface area (Å²) in [5.74, 6) is -1.74. The van der Waals surface area contributed by atoms with Crippen LogP contribution in [0.2, 0.25) is 0 Å². The highest BCUT2D eigenvalue weighted by Gasteiger charge is 2.28. The van der Waals surface area contributed by atoms with Crippen molar-refractivity contribution in [2.24, 2.45) is 0 Å². The van der Waals surface area contributed by atoms with Crippen LogP contribution in [0.4, 0.5) is 4.39 Å². The van der Waals surface area contributed by atoms with Crippen molar-refractivity contribution in [2.45, 2.75) is 17.3 Å². The first-order valence-corrected chi connectivity index (χ1v) is 8.15. The molecule has 3 rings (SSSR count). The van der Waals surface area contributed by atoms with Crippen LogP contribution in [0, 0.1) is 5.82 Å². The van der Waals surface area contributed by atoms with E-state index in [1.807, 2.05) is 0 Å². The maximum Gasteiger partial charge on any atom is 0.491 e. The van der Waals surface area contributed by atoms with Gasteiger partial charge in [-0.25, -0.2) is 12.8 Å². The monoisotopic (exact) mass is 322 g/mol. The lowest BCUT2D eigenvalue weighted by atomic mass is 9.79. The van der Waals surface area contributed by atoms with Crippen LogP contribution in [0.1, 0.15) is 11.1 Å². The molecule has 1 aliphatic heterocycles. The van der Waals surface area contributed by atoms with Crippen molar-refractivity contribution in [3.63, 3.8) is 0 Å². The number of hydrogen-bond acceptors (Lipinski definition) is 5. The van der Waals surface area contributed by atoms with Gasteiger partial charge in [-0.3, -0.25) is 0 Å². The first kappa shape index (κ1) is 15.0. The number of hydrogen-bond donors (Lipinski definition) is 2. The zero-order chi connectivity index (χ0) is 15.9. The van der Waals surface area contributed by atoms with Crippen LogP contribution in [0.25, 0.3) is 0 Å². The molecule has 0 atom stereocenters. The molecule has 2 N–H and O–H groups in total. The summed E-state index contributed by atoms with van der Waals surface area (Å²) in [6.45, 7) is 0.274. The summed E-state index contributed by atoms with van der Waals surface area (Å²) in [6, 6.07) is 7.75. The predicted octanol–water partition coefficient (Wildman–Crippen LogP) is 0.723. The summed E-state index contributed by atoms with van der Waals surface area (Å²) in [5, 5.41) is 18.8. The molecule has 0 unspecified atom stereocenters. The minimum Gasteiger partial charge on any atom is -0.508 e. The lowest BCUT2D eigenvalue weighted by Crippen LogP contribution is -2.28. The number of fused-ring (bicyclic) bond motifs is 1. The molecule has 22 heavy (non-hydrogen) atoms. The van der Waals surface area contributed by atoms with Gasteiger partial charge in [0.1, 0.15) is 16.5 Å². The van der Waals surface area contributed by atoms with Crippen molar-refractivity contribution >= 4 is 22.4 Å². The van der Waals surface area contributed by atoms with Gasteiger partial charge in [-0.05, 0) is 28.7 Å². The zero-order valence-electron chi connectivity index (χ0n) is 11.4. The Labute approximate surface area is 127 Å². The first-order chi connectivity index (χ1) is 10.4. The Morgan fingerprint density at radius 1 is 1.23 bits per heavy atom. The Morgan fingerprint density at radius 3 is 2.73 bits per heavy atom. The Morgan fingerprint density at radius 2 is 2.00 bits per heavy atom. The molecule has 0 aliphatic carbocycles. The molecule has 0 spiro atoms. The number of aromatic hydroxyl groups is 1. The Bertz CT molecular complexity index is 837. The van der Waals surface area contributed by atoms with E-state index in [0.29, 0.717) is 11.0 Å². The molecule has 5 nitrogen and oxygen atoms in total. The van der Waals surface area contributed by atoms with Crippen molar-refractivity contribution in [3.05, 3.63) is 53.3 Å². The molecular weight excluding hydrogens is 310 g/mol. The van der Waals surface area contributed by atoms with E-state index in [1.54, 1.807) is 18.2 Å². The quantitative estimate of drug-likeness (QED) is 0.814. The Balaban J connectivity index is 1.93. The number of halogens is 1. The third kappa shape index (κ3) is 2.72. The van der Waals surface area contributed by atoms with Crippen LogP contribution in [0.3, 0.4) is 0 Å². The van der Waals surface area contributed by atoms with Gasteiger partial charge in [0.25, 0.3) is 0 Å². The maximum absolute atomic E-state index is 13.7. The fourth-order valence-electron chi connectivity index (χ4n) is 2.39. The van der Waals surface area contributed by atoms with Gasteiger partial charge < -0.3 is 14.8 Å². The van der Waals surface area contributed by atoms with Crippen molar-refractivity contribution in [2.75, 3.05) is 0 Å². The van der Waals surface area contributed by atoms with E-state index in [1.165, 1.54) is 0 Å². The van der Waals surface area contributed by atoms with Crippen molar-refractivity contribution in [1.29, 1.82) is 0 Å². The molecule has 114 valence electrons. The minimum atomic E-state index is -3.90. The summed E-state index contributed by atoms with van der Waals surface area (Å²) >= 11 is 0. The largest absolute Gasteiger partial charge is 0.508 e. The fraction of sp³-hybridized carbons (Fsp3) is 0.143. The molecule has 0 amide bonds. The van der Waals surface area contributed by atoms with Gasteiger partial charge in [-0.15, -0.1) is 0 Å². The molecular formula is C14H12BFO5S. The van der Waals surface area contributed by atoms with E-state index in [4.69, 9.17) is 9.76 Å². The van der Waals surface area contributed by atoms with Crippen LogP contribution in [-0.2, 0) is 26.9 Å². The summed E-state index contributed by atoms with van der Waals surface area (Å²) in [5.41, 5.74) is 1.75. The van der Waals surface area contributed by atoms with Gasteiger partial charge in [-0.1, -0.05) is 18.2 Å². The number of sulfone groups is 1. The van der Waals surface area contributed by atoms with Crippen LogP contribution >= 0.6 is 0 Å².